The van der Waals surface area contributed by atoms with E-state index in [9.17, 15) is 0 Å². The van der Waals surface area contributed by atoms with E-state index in [1.807, 2.05) is 10.8 Å². The first-order valence-electron chi connectivity index (χ1n) is 3.57. The smallest absolute Gasteiger partial charge is 0.0123 e. The molecule has 54 valence electrons. The maximum absolute atomic E-state index is 2.35. The molecule has 1 heterocycles. The first-order valence-corrected chi connectivity index (χ1v) is 5.95. The van der Waals surface area contributed by atoms with E-state index < -0.39 is 0 Å². The summed E-state index contributed by atoms with van der Waals surface area (Å²) < 4.78 is 0. The summed E-state index contributed by atoms with van der Waals surface area (Å²) in [6.07, 6.45) is 2.85. The van der Waals surface area contributed by atoms with Gasteiger partial charge in [0.15, 0.2) is 0 Å². The number of hydrogen-bond donors (Lipinski definition) is 0. The Morgan fingerprint density at radius 1 is 1.22 bits per heavy atom. The van der Waals surface area contributed by atoms with Crippen LogP contribution in [0.4, 0.5) is 0 Å². The Hall–Kier alpha value is 0.700. The molecule has 2 heteroatoms. The number of hydrogen-bond acceptors (Lipinski definition) is 2. The average molecular weight is 162 g/mol. The van der Waals surface area contributed by atoms with Gasteiger partial charge in [-0.05, 0) is 18.8 Å². The molecule has 1 aliphatic rings. The quantitative estimate of drug-likeness (QED) is 0.502. The normalized spacial score (nSPS) is 38.0. The molecule has 0 unspecified atom stereocenters. The van der Waals surface area contributed by atoms with Gasteiger partial charge >= 0.3 is 0 Å². The Labute approximate surface area is 65.6 Å². The largest absolute Gasteiger partial charge is 0.0936 e. The SMILES string of the molecule is C[C@H]1CC[C@@H](C)SSC1. The molecule has 0 amide bonds. The summed E-state index contributed by atoms with van der Waals surface area (Å²) in [6.45, 7) is 4.68. The van der Waals surface area contributed by atoms with Crippen LogP contribution >= 0.6 is 21.6 Å². The molecule has 1 fully saturated rings. The average Bonchev–Trinajstić information content (AvgIpc) is 1.97. The molecular weight excluding hydrogens is 148 g/mol. The van der Waals surface area contributed by atoms with Gasteiger partial charge in [0, 0.05) is 11.0 Å². The molecule has 2 atom stereocenters. The van der Waals surface area contributed by atoms with Crippen LogP contribution in [0.3, 0.4) is 0 Å². The van der Waals surface area contributed by atoms with Gasteiger partial charge in [0.25, 0.3) is 0 Å². The Morgan fingerprint density at radius 3 is 2.78 bits per heavy atom. The third kappa shape index (κ3) is 2.85. The molecule has 0 saturated carbocycles. The molecule has 1 saturated heterocycles. The number of rotatable bonds is 0. The van der Waals surface area contributed by atoms with E-state index in [0.717, 1.165) is 11.2 Å². The lowest BCUT2D eigenvalue weighted by atomic mass is 10.1. The summed E-state index contributed by atoms with van der Waals surface area (Å²) in [5.74, 6) is 2.31. The highest BCUT2D eigenvalue weighted by molar-refractivity contribution is 8.76. The van der Waals surface area contributed by atoms with Crippen molar-refractivity contribution in [1.82, 2.24) is 0 Å². The van der Waals surface area contributed by atoms with Crippen LogP contribution in [-0.2, 0) is 0 Å². The van der Waals surface area contributed by atoms with Gasteiger partial charge in [-0.15, -0.1) is 0 Å². The lowest BCUT2D eigenvalue weighted by Gasteiger charge is -2.03. The molecule has 0 nitrogen and oxygen atoms in total. The van der Waals surface area contributed by atoms with Crippen molar-refractivity contribution in [2.75, 3.05) is 5.75 Å². The Morgan fingerprint density at radius 2 is 2.00 bits per heavy atom. The van der Waals surface area contributed by atoms with Crippen molar-refractivity contribution in [2.24, 2.45) is 5.92 Å². The highest BCUT2D eigenvalue weighted by atomic mass is 33.1. The van der Waals surface area contributed by atoms with Crippen molar-refractivity contribution in [2.45, 2.75) is 31.9 Å². The van der Waals surface area contributed by atoms with Crippen LogP contribution in [0.1, 0.15) is 26.7 Å². The van der Waals surface area contributed by atoms with Crippen LogP contribution in [0.2, 0.25) is 0 Å². The molecule has 0 aromatic carbocycles. The maximum atomic E-state index is 2.35. The third-order valence-electron chi connectivity index (χ3n) is 1.65. The standard InChI is InChI=1S/C7H14S2/c1-6-3-4-7(2)9-8-5-6/h6-7H,3-5H2,1-2H3/t6-,7+/m0/s1. The van der Waals surface area contributed by atoms with Crippen molar-refractivity contribution in [3.05, 3.63) is 0 Å². The van der Waals surface area contributed by atoms with Gasteiger partial charge < -0.3 is 0 Å². The summed E-state index contributed by atoms with van der Waals surface area (Å²) in [7, 11) is 4.11. The zero-order valence-electron chi connectivity index (χ0n) is 6.09. The summed E-state index contributed by atoms with van der Waals surface area (Å²) in [5.41, 5.74) is 0. The second-order valence-corrected chi connectivity index (χ2v) is 5.72. The second kappa shape index (κ2) is 3.77. The zero-order valence-corrected chi connectivity index (χ0v) is 7.73. The predicted molar refractivity (Wildman–Crippen MR) is 47.9 cm³/mol. The van der Waals surface area contributed by atoms with Crippen molar-refractivity contribution < 1.29 is 0 Å². The van der Waals surface area contributed by atoms with Crippen LogP contribution in [0.5, 0.6) is 0 Å². The lowest BCUT2D eigenvalue weighted by Crippen LogP contribution is -1.97. The van der Waals surface area contributed by atoms with E-state index in [1.54, 1.807) is 0 Å². The molecule has 9 heavy (non-hydrogen) atoms. The maximum Gasteiger partial charge on any atom is 0.0123 e. The molecule has 0 radical (unpaired) electrons. The minimum absolute atomic E-state index is 0.889. The zero-order chi connectivity index (χ0) is 6.69. The van der Waals surface area contributed by atoms with Gasteiger partial charge in [-0.25, -0.2) is 0 Å². The molecular formula is C7H14S2. The van der Waals surface area contributed by atoms with Crippen molar-refractivity contribution in [3.63, 3.8) is 0 Å². The highest BCUT2D eigenvalue weighted by Gasteiger charge is 2.12. The fraction of sp³-hybridized carbons (Fsp3) is 1.00. The summed E-state index contributed by atoms with van der Waals surface area (Å²) in [6, 6.07) is 0. The molecule has 0 bridgehead atoms. The first-order chi connectivity index (χ1) is 4.29. The van der Waals surface area contributed by atoms with Gasteiger partial charge in [0.05, 0.1) is 0 Å². The van der Waals surface area contributed by atoms with E-state index >= 15 is 0 Å². The molecule has 1 aliphatic heterocycles. The Kier molecular flexibility index (Phi) is 3.27. The van der Waals surface area contributed by atoms with Crippen molar-refractivity contribution >= 4 is 21.6 Å². The first kappa shape index (κ1) is 7.80. The monoisotopic (exact) mass is 162 g/mol. The molecule has 1 rings (SSSR count). The van der Waals surface area contributed by atoms with Gasteiger partial charge in [0.1, 0.15) is 0 Å². The van der Waals surface area contributed by atoms with Crippen molar-refractivity contribution in [1.29, 1.82) is 0 Å². The van der Waals surface area contributed by atoms with E-state index in [-0.39, 0.29) is 0 Å². The van der Waals surface area contributed by atoms with Crippen LogP contribution in [-0.4, -0.2) is 11.0 Å². The van der Waals surface area contributed by atoms with Gasteiger partial charge in [-0.3, -0.25) is 0 Å². The van der Waals surface area contributed by atoms with E-state index in [1.165, 1.54) is 18.6 Å². The molecule has 0 spiro atoms. The van der Waals surface area contributed by atoms with Gasteiger partial charge in [-0.2, -0.15) is 0 Å². The fourth-order valence-electron chi connectivity index (χ4n) is 0.922. The third-order valence-corrected chi connectivity index (χ3v) is 4.86. The molecule has 0 aliphatic carbocycles. The molecule has 0 N–H and O–H groups in total. The van der Waals surface area contributed by atoms with E-state index in [4.69, 9.17) is 0 Å². The Bertz CT molecular complexity index is 73.0. The second-order valence-electron chi connectivity index (χ2n) is 2.87. The van der Waals surface area contributed by atoms with Gasteiger partial charge in [0.2, 0.25) is 0 Å². The van der Waals surface area contributed by atoms with E-state index in [2.05, 4.69) is 24.6 Å². The van der Waals surface area contributed by atoms with Gasteiger partial charge in [-0.1, -0.05) is 35.4 Å². The molecule has 0 aromatic heterocycles. The summed E-state index contributed by atoms with van der Waals surface area (Å²) in [5, 5.41) is 0.889. The summed E-state index contributed by atoms with van der Waals surface area (Å²) >= 11 is 0. The highest BCUT2D eigenvalue weighted by Crippen LogP contribution is 2.35. The minimum atomic E-state index is 0.889. The Balaban J connectivity index is 2.25. The summed E-state index contributed by atoms with van der Waals surface area (Å²) in [4.78, 5) is 0. The minimum Gasteiger partial charge on any atom is -0.0936 e. The lowest BCUT2D eigenvalue weighted by molar-refractivity contribution is 0.567. The van der Waals surface area contributed by atoms with E-state index in [0.29, 0.717) is 0 Å². The van der Waals surface area contributed by atoms with Crippen molar-refractivity contribution in [3.8, 4) is 0 Å². The predicted octanol–water partition coefficient (Wildman–Crippen LogP) is 3.19. The van der Waals surface area contributed by atoms with Crippen LogP contribution in [0.15, 0.2) is 0 Å². The van der Waals surface area contributed by atoms with Crippen LogP contribution in [0, 0.1) is 5.92 Å². The molecule has 0 aromatic rings. The van der Waals surface area contributed by atoms with Crippen LogP contribution < -0.4 is 0 Å². The van der Waals surface area contributed by atoms with Crippen LogP contribution in [0.25, 0.3) is 0 Å². The topological polar surface area (TPSA) is 0 Å². The fourth-order valence-corrected chi connectivity index (χ4v) is 3.78.